The molecule has 1 N–H and O–H groups in total. The van der Waals surface area contributed by atoms with Gasteiger partial charge in [0.25, 0.3) is 5.91 Å². The van der Waals surface area contributed by atoms with Crippen molar-refractivity contribution >= 4 is 23.2 Å². The summed E-state index contributed by atoms with van der Waals surface area (Å²) in [7, 11) is 0. The molecule has 2 aromatic carbocycles. The molecule has 1 atom stereocenters. The molecule has 2 amide bonds. The zero-order valence-electron chi connectivity index (χ0n) is 17.5. The van der Waals surface area contributed by atoms with Crippen molar-refractivity contribution in [1.29, 1.82) is 0 Å². The number of hydrogen-bond donors (Lipinski definition) is 1. The fourth-order valence-electron chi connectivity index (χ4n) is 3.97. The third kappa shape index (κ3) is 4.80. The number of carbonyl (C=O) groups is 2. The van der Waals surface area contributed by atoms with Crippen LogP contribution in [-0.4, -0.2) is 43.0 Å². The number of carbonyl (C=O) groups excluding carboxylic acids is 2. The van der Waals surface area contributed by atoms with E-state index in [4.69, 9.17) is 4.74 Å². The van der Waals surface area contributed by atoms with Crippen LogP contribution in [0.4, 0.5) is 0 Å². The first-order valence-electron chi connectivity index (χ1n) is 10.6. The number of hydrogen-bond acceptors (Lipinski definition) is 4. The second-order valence-electron chi connectivity index (χ2n) is 7.51. The second kappa shape index (κ2) is 9.79. The summed E-state index contributed by atoms with van der Waals surface area (Å²) in [6, 6.07) is 19.6. The Morgan fingerprint density at radius 1 is 1.13 bits per heavy atom. The maximum Gasteiger partial charge on any atom is 0.257 e. The van der Waals surface area contributed by atoms with Gasteiger partial charge < -0.3 is 15.0 Å². The topological polar surface area (TPSA) is 58.6 Å². The second-order valence-corrected chi connectivity index (χ2v) is 8.45. The van der Waals surface area contributed by atoms with Crippen LogP contribution in [0.5, 0.6) is 5.75 Å². The molecule has 6 heteroatoms. The van der Waals surface area contributed by atoms with Crippen LogP contribution in [0.3, 0.4) is 0 Å². The molecule has 1 aliphatic rings. The van der Waals surface area contributed by atoms with Crippen molar-refractivity contribution in [2.24, 2.45) is 5.92 Å². The lowest BCUT2D eigenvalue weighted by molar-refractivity contribution is -0.124. The van der Waals surface area contributed by atoms with E-state index in [1.165, 1.54) is 4.88 Å². The van der Waals surface area contributed by atoms with Gasteiger partial charge in [0.1, 0.15) is 5.75 Å². The SMILES string of the molecule is CCOc1ccccc1C(=O)N1CCNC(=O)[C@H](Cc2ccccc2-c2cccs2)C1. The van der Waals surface area contributed by atoms with Crippen LogP contribution in [0.15, 0.2) is 66.0 Å². The van der Waals surface area contributed by atoms with Gasteiger partial charge in [-0.05, 0) is 48.1 Å². The molecule has 0 bridgehead atoms. The summed E-state index contributed by atoms with van der Waals surface area (Å²) in [5, 5.41) is 5.04. The molecule has 31 heavy (non-hydrogen) atoms. The van der Waals surface area contributed by atoms with Crippen LogP contribution in [-0.2, 0) is 11.2 Å². The zero-order chi connectivity index (χ0) is 21.6. The molecule has 0 aliphatic carbocycles. The van der Waals surface area contributed by atoms with Crippen LogP contribution >= 0.6 is 11.3 Å². The first-order valence-corrected chi connectivity index (χ1v) is 11.5. The third-order valence-corrected chi connectivity index (χ3v) is 6.37. The van der Waals surface area contributed by atoms with E-state index in [2.05, 4.69) is 28.9 Å². The van der Waals surface area contributed by atoms with Crippen molar-refractivity contribution in [1.82, 2.24) is 10.2 Å². The van der Waals surface area contributed by atoms with E-state index in [1.807, 2.05) is 43.3 Å². The Kier molecular flexibility index (Phi) is 6.67. The molecular formula is C25H26N2O3S. The Labute approximate surface area is 186 Å². The first kappa shape index (κ1) is 21.1. The standard InChI is InChI=1S/C25H26N2O3S/c1-2-30-22-11-6-5-10-21(22)25(29)27-14-13-26-24(28)19(17-27)16-18-8-3-4-9-20(18)23-12-7-15-31-23/h3-12,15,19H,2,13-14,16-17H2,1H3,(H,26,28)/t19-/m1/s1. The maximum absolute atomic E-state index is 13.3. The van der Waals surface area contributed by atoms with E-state index in [0.717, 1.165) is 11.1 Å². The van der Waals surface area contributed by atoms with Crippen LogP contribution in [0.25, 0.3) is 10.4 Å². The van der Waals surface area contributed by atoms with Crippen LogP contribution in [0.2, 0.25) is 0 Å². The van der Waals surface area contributed by atoms with Crippen molar-refractivity contribution < 1.29 is 14.3 Å². The summed E-state index contributed by atoms with van der Waals surface area (Å²) in [6.07, 6.45) is 0.580. The molecule has 0 saturated carbocycles. The molecule has 3 aromatic rings. The van der Waals surface area contributed by atoms with Crippen molar-refractivity contribution in [2.75, 3.05) is 26.2 Å². The van der Waals surface area contributed by atoms with Crippen molar-refractivity contribution in [3.05, 3.63) is 77.2 Å². The van der Waals surface area contributed by atoms with Crippen molar-refractivity contribution in [3.63, 3.8) is 0 Å². The fraction of sp³-hybridized carbons (Fsp3) is 0.280. The largest absolute Gasteiger partial charge is 0.493 e. The minimum atomic E-state index is -0.313. The van der Waals surface area contributed by atoms with Gasteiger partial charge >= 0.3 is 0 Å². The minimum absolute atomic E-state index is 0.00521. The van der Waals surface area contributed by atoms with Gasteiger partial charge in [-0.2, -0.15) is 0 Å². The van der Waals surface area contributed by atoms with Gasteiger partial charge in [-0.3, -0.25) is 9.59 Å². The fourth-order valence-corrected chi connectivity index (χ4v) is 4.76. The van der Waals surface area contributed by atoms with Gasteiger partial charge in [0.2, 0.25) is 5.91 Å². The van der Waals surface area contributed by atoms with Crippen LogP contribution in [0.1, 0.15) is 22.8 Å². The van der Waals surface area contributed by atoms with Gasteiger partial charge in [0, 0.05) is 24.5 Å². The number of thiophene rings is 1. The van der Waals surface area contributed by atoms with Crippen molar-refractivity contribution in [2.45, 2.75) is 13.3 Å². The summed E-state index contributed by atoms with van der Waals surface area (Å²) in [5.74, 6) is 0.163. The van der Waals surface area contributed by atoms with Crippen molar-refractivity contribution in [3.8, 4) is 16.2 Å². The number of rotatable bonds is 6. The summed E-state index contributed by atoms with van der Waals surface area (Å²) in [4.78, 5) is 29.1. The minimum Gasteiger partial charge on any atom is -0.493 e. The lowest BCUT2D eigenvalue weighted by atomic mass is 9.94. The maximum atomic E-state index is 13.3. The van der Waals surface area contributed by atoms with Gasteiger partial charge in [0.05, 0.1) is 18.1 Å². The Balaban J connectivity index is 1.57. The molecule has 4 rings (SSSR count). The normalized spacial score (nSPS) is 16.5. The number of nitrogens with one attached hydrogen (secondary N) is 1. The molecule has 0 unspecified atom stereocenters. The summed E-state index contributed by atoms with van der Waals surface area (Å²) >= 11 is 1.69. The van der Waals surface area contributed by atoms with E-state index < -0.39 is 0 Å². The quantitative estimate of drug-likeness (QED) is 0.631. The molecule has 1 saturated heterocycles. The molecule has 5 nitrogen and oxygen atoms in total. The smallest absolute Gasteiger partial charge is 0.257 e. The zero-order valence-corrected chi connectivity index (χ0v) is 18.4. The van der Waals surface area contributed by atoms with Gasteiger partial charge in [0.15, 0.2) is 0 Å². The Hall–Kier alpha value is -3.12. The first-order chi connectivity index (χ1) is 15.2. The van der Waals surface area contributed by atoms with Gasteiger partial charge in [-0.15, -0.1) is 11.3 Å². The predicted molar refractivity (Wildman–Crippen MR) is 123 cm³/mol. The molecular weight excluding hydrogens is 408 g/mol. The average molecular weight is 435 g/mol. The highest BCUT2D eigenvalue weighted by molar-refractivity contribution is 7.13. The Morgan fingerprint density at radius 2 is 1.94 bits per heavy atom. The lowest BCUT2D eigenvalue weighted by Gasteiger charge is -2.24. The highest BCUT2D eigenvalue weighted by atomic mass is 32.1. The Morgan fingerprint density at radius 3 is 2.74 bits per heavy atom. The van der Waals surface area contributed by atoms with E-state index in [1.54, 1.807) is 22.3 Å². The van der Waals surface area contributed by atoms with Crippen LogP contribution in [0, 0.1) is 5.92 Å². The molecule has 1 fully saturated rings. The molecule has 0 spiro atoms. The molecule has 2 heterocycles. The van der Waals surface area contributed by atoms with Gasteiger partial charge in [-0.25, -0.2) is 0 Å². The molecule has 0 radical (unpaired) electrons. The van der Waals surface area contributed by atoms with Crippen LogP contribution < -0.4 is 10.1 Å². The number of amides is 2. The molecule has 1 aliphatic heterocycles. The molecule has 1 aromatic heterocycles. The summed E-state index contributed by atoms with van der Waals surface area (Å²) < 4.78 is 5.65. The number of benzene rings is 2. The number of ether oxygens (including phenoxy) is 1. The predicted octanol–water partition coefficient (Wildman–Crippen LogP) is 4.24. The number of para-hydroxylation sites is 1. The number of nitrogens with zero attached hydrogens (tertiary/aromatic N) is 1. The van der Waals surface area contributed by atoms with E-state index in [-0.39, 0.29) is 17.7 Å². The van der Waals surface area contributed by atoms with E-state index in [9.17, 15) is 9.59 Å². The highest BCUT2D eigenvalue weighted by Gasteiger charge is 2.30. The lowest BCUT2D eigenvalue weighted by Crippen LogP contribution is -2.37. The van der Waals surface area contributed by atoms with E-state index in [0.29, 0.717) is 44.0 Å². The molecule has 160 valence electrons. The Bertz CT molecular complexity index is 1050. The average Bonchev–Trinajstić information content (AvgIpc) is 3.26. The highest BCUT2D eigenvalue weighted by Crippen LogP contribution is 2.30. The summed E-state index contributed by atoms with van der Waals surface area (Å²) in [6.45, 7) is 3.70. The van der Waals surface area contributed by atoms with E-state index >= 15 is 0 Å². The third-order valence-electron chi connectivity index (χ3n) is 5.47. The summed E-state index contributed by atoms with van der Waals surface area (Å²) in [5.41, 5.74) is 2.81. The van der Waals surface area contributed by atoms with Gasteiger partial charge in [-0.1, -0.05) is 42.5 Å². The monoisotopic (exact) mass is 434 g/mol.